The van der Waals surface area contributed by atoms with Crippen LogP contribution in [-0.2, 0) is 4.79 Å². The number of pyridine rings is 3. The molecule has 0 radical (unpaired) electrons. The predicted molar refractivity (Wildman–Crippen MR) is 418 cm³/mol. The number of piperazine rings is 1. The van der Waals surface area contributed by atoms with Crippen LogP contribution in [-0.4, -0.2) is 145 Å². The molecule has 532 valence electrons. The van der Waals surface area contributed by atoms with Gasteiger partial charge in [-0.25, -0.2) is 28.5 Å². The highest BCUT2D eigenvalue weighted by atomic mass is 32.1. The molecule has 0 bridgehead atoms. The van der Waals surface area contributed by atoms with Crippen molar-refractivity contribution in [3.05, 3.63) is 145 Å². The summed E-state index contributed by atoms with van der Waals surface area (Å²) < 4.78 is 5.66. The average Bonchev–Trinajstić information content (AvgIpc) is 1.61. The fourth-order valence-corrected chi connectivity index (χ4v) is 21.3. The average molecular weight is 1420 g/mol. The zero-order chi connectivity index (χ0) is 71.0. The van der Waals surface area contributed by atoms with Crippen molar-refractivity contribution >= 4 is 87.5 Å². The van der Waals surface area contributed by atoms with Crippen LogP contribution < -0.4 is 16.8 Å². The highest BCUT2D eigenvalue weighted by molar-refractivity contribution is 7.19. The molecule has 15 heterocycles. The van der Waals surface area contributed by atoms with E-state index in [1.54, 1.807) is 28.7 Å². The largest absolute Gasteiger partial charge is 0.401 e. The molecule has 3 saturated heterocycles. The number of nitrogens with zero attached hydrogens (tertiary/aromatic N) is 12. The molecule has 0 spiro atoms. The number of hydrogen-bond donors (Lipinski definition) is 6. The fraction of sp³-hybridized carbons (Fsp3) is 0.481. The molecule has 1 amide bonds. The van der Waals surface area contributed by atoms with Crippen molar-refractivity contribution < 1.29 is 4.79 Å². The first-order valence-corrected chi connectivity index (χ1v) is 39.1. The number of carbonyl (C=O) groups is 1. The minimum absolute atomic E-state index is 0.193. The van der Waals surface area contributed by atoms with Gasteiger partial charge in [-0.2, -0.15) is 15.3 Å². The summed E-state index contributed by atoms with van der Waals surface area (Å²) in [5.74, 6) is 3.50. The van der Waals surface area contributed by atoms with Crippen molar-refractivity contribution in [1.29, 1.82) is 0 Å². The number of carbonyl (C=O) groups excluding carboxylic acids is 1. The molecule has 4 fully saturated rings. The van der Waals surface area contributed by atoms with E-state index in [0.29, 0.717) is 41.4 Å². The fourth-order valence-electron chi connectivity index (χ4n) is 17.1. The van der Waals surface area contributed by atoms with Gasteiger partial charge < -0.3 is 36.6 Å². The van der Waals surface area contributed by atoms with Crippen LogP contribution in [0.15, 0.2) is 74.3 Å². The molecule has 1 saturated carbocycles. The van der Waals surface area contributed by atoms with Gasteiger partial charge in [0.25, 0.3) is 0 Å². The number of amides is 1. The highest BCUT2D eigenvalue weighted by Crippen LogP contribution is 2.52. The summed E-state index contributed by atoms with van der Waals surface area (Å²) in [6, 6.07) is 4.46. The Labute approximate surface area is 605 Å². The molecule has 101 heavy (non-hydrogen) atoms. The van der Waals surface area contributed by atoms with E-state index in [1.807, 2.05) is 47.6 Å². The van der Waals surface area contributed by atoms with E-state index in [1.165, 1.54) is 152 Å². The van der Waals surface area contributed by atoms with Crippen LogP contribution >= 0.6 is 34.0 Å². The summed E-state index contributed by atoms with van der Waals surface area (Å²) in [6.45, 7) is 46.6. The SMILES string of the molecule is C=C(N)CN1CCC[C@@H](c2sc3[nH]c(-c4cc(C)c5ncnn5c4)c(C(C)C)c3c2C)CC1.C=C(N)CN1CCC[C@H](c2sc3[nH]c(-c4cc(C)c5ncnn5c4)c(C(C)C)c3c2C)CC1.Cc1c(-c2[nH]c3sc(C4CC(C(=O)N5CCNCC5)C4)c(C)c3c2C(C)C)cn2ncnc2c1C. The summed E-state index contributed by atoms with van der Waals surface area (Å²) >= 11 is 5.81. The van der Waals surface area contributed by atoms with E-state index in [4.69, 9.17) is 11.5 Å². The molecular weight excluding hydrogens is 1310 g/mol. The molecule has 12 aromatic heterocycles. The predicted octanol–water partition coefficient (Wildman–Crippen LogP) is 16.4. The summed E-state index contributed by atoms with van der Waals surface area (Å²) in [5, 5.41) is 20.7. The van der Waals surface area contributed by atoms with Crippen LogP contribution in [0.25, 0.3) is 81.4 Å². The van der Waals surface area contributed by atoms with Crippen LogP contribution in [0.3, 0.4) is 0 Å². The number of aryl methyl sites for hydroxylation is 6. The zero-order valence-corrected chi connectivity index (χ0v) is 63.9. The Balaban J connectivity index is 0.000000129. The number of rotatable bonds is 14. The minimum atomic E-state index is 0.193. The van der Waals surface area contributed by atoms with Crippen molar-refractivity contribution in [2.24, 2.45) is 17.4 Å². The van der Waals surface area contributed by atoms with Crippen molar-refractivity contribution in [2.75, 3.05) is 65.4 Å². The first-order chi connectivity index (χ1) is 48.5. The second-order valence-corrected chi connectivity index (χ2v) is 33.5. The molecular formula is C79H102N18OS3. The number of fused-ring (bicyclic) bond motifs is 6. The number of thiophene rings is 3. The monoisotopic (exact) mass is 1410 g/mol. The molecule has 22 heteroatoms. The summed E-state index contributed by atoms with van der Waals surface area (Å²) in [7, 11) is 0. The first kappa shape index (κ1) is 70.1. The van der Waals surface area contributed by atoms with E-state index in [9.17, 15) is 4.79 Å². The van der Waals surface area contributed by atoms with E-state index in [2.05, 4.69) is 199 Å². The third-order valence-electron chi connectivity index (χ3n) is 22.2. The van der Waals surface area contributed by atoms with Gasteiger partial charge in [-0.15, -0.1) is 34.0 Å². The Morgan fingerprint density at radius 1 is 0.515 bits per heavy atom. The molecule has 1 aliphatic carbocycles. The Kier molecular flexibility index (Phi) is 19.9. The lowest BCUT2D eigenvalue weighted by Crippen LogP contribution is -2.50. The van der Waals surface area contributed by atoms with Crippen molar-refractivity contribution in [1.82, 2.24) is 78.8 Å². The van der Waals surface area contributed by atoms with E-state index in [-0.39, 0.29) is 5.92 Å². The maximum absolute atomic E-state index is 12.9. The third-order valence-corrected chi connectivity index (χ3v) is 26.3. The van der Waals surface area contributed by atoms with Gasteiger partial charge in [-0.3, -0.25) is 14.6 Å². The van der Waals surface area contributed by atoms with Gasteiger partial charge in [0.2, 0.25) is 5.91 Å². The number of H-pyrrole nitrogens is 3. The number of aromatic amines is 3. The second-order valence-electron chi connectivity index (χ2n) is 30.4. The van der Waals surface area contributed by atoms with E-state index < -0.39 is 0 Å². The molecule has 19 nitrogen and oxygen atoms in total. The Hall–Kier alpha value is -7.99. The van der Waals surface area contributed by atoms with Gasteiger partial charge in [0.1, 0.15) is 33.5 Å². The number of aromatic nitrogens is 12. The van der Waals surface area contributed by atoms with Crippen LogP contribution in [0.2, 0.25) is 0 Å². The Morgan fingerprint density at radius 3 is 1.36 bits per heavy atom. The van der Waals surface area contributed by atoms with Gasteiger partial charge in [-0.05, 0) is 229 Å². The van der Waals surface area contributed by atoms with Gasteiger partial charge in [0.15, 0.2) is 16.9 Å². The molecule has 12 aromatic rings. The Bertz CT molecular complexity index is 4870. The number of nitrogens with one attached hydrogen (secondary N) is 4. The molecule has 16 rings (SSSR count). The van der Waals surface area contributed by atoms with Crippen molar-refractivity contribution in [3.8, 4) is 33.8 Å². The quantitative estimate of drug-likeness (QED) is 0.0597. The third kappa shape index (κ3) is 13.4. The van der Waals surface area contributed by atoms with Gasteiger partial charge in [-0.1, -0.05) is 54.7 Å². The van der Waals surface area contributed by atoms with Crippen LogP contribution in [0.4, 0.5) is 0 Å². The van der Waals surface area contributed by atoms with E-state index in [0.717, 1.165) is 118 Å². The molecule has 3 aliphatic heterocycles. The van der Waals surface area contributed by atoms with Crippen LogP contribution in [0.5, 0.6) is 0 Å². The summed E-state index contributed by atoms with van der Waals surface area (Å²) in [5.41, 5.74) is 36.4. The Morgan fingerprint density at radius 2 is 0.921 bits per heavy atom. The molecule has 8 N–H and O–H groups in total. The second kappa shape index (κ2) is 28.7. The molecule has 2 atom stereocenters. The van der Waals surface area contributed by atoms with Gasteiger partial charge in [0.05, 0.1) is 17.1 Å². The smallest absolute Gasteiger partial charge is 0.225 e. The molecule has 4 aliphatic rings. The van der Waals surface area contributed by atoms with Gasteiger partial charge >= 0.3 is 0 Å². The first-order valence-electron chi connectivity index (χ1n) is 36.7. The topological polar surface area (TPSA) is 229 Å². The normalized spacial score (nSPS) is 18.9. The van der Waals surface area contributed by atoms with E-state index >= 15 is 0 Å². The van der Waals surface area contributed by atoms with Crippen LogP contribution in [0, 0.1) is 54.4 Å². The lowest BCUT2D eigenvalue weighted by atomic mass is 9.72. The lowest BCUT2D eigenvalue weighted by Gasteiger charge is -2.39. The number of hydrogen-bond acceptors (Lipinski definition) is 15. The van der Waals surface area contributed by atoms with Gasteiger partial charge in [0, 0.05) is 123 Å². The van der Waals surface area contributed by atoms with Crippen molar-refractivity contribution in [3.63, 3.8) is 0 Å². The highest BCUT2D eigenvalue weighted by Gasteiger charge is 2.40. The maximum atomic E-state index is 12.9. The molecule has 0 aromatic carbocycles. The van der Waals surface area contributed by atoms with Crippen molar-refractivity contribution in [2.45, 2.75) is 177 Å². The number of nitrogens with two attached hydrogens (primary N) is 2. The van der Waals surface area contributed by atoms with Crippen LogP contribution in [0.1, 0.15) is 199 Å². The zero-order valence-electron chi connectivity index (χ0n) is 61.5. The standard InChI is InChI=1S/C27H34N6OS.2C26H34N6S/c1-14(2)21-22-17(5)24(18-10-19(11-18)27(34)32-8-6-28-7-9-32)35-26(22)31-23(21)20-12-33-25(29-13-30-33)16(4)15(20)3;2*1-15(2)21-22-18(5)24(19-7-6-9-31(10-8-19)12-17(4)27)33-26(22)30-23(21)20-11-16(3)25-28-14-29-32(25)13-20/h12-14,18-19,28,31H,6-11H2,1-5H3;2*11,13-15,19,30H,4,6-10,12,27H2,1-3,5H3/t;2*19-/m.10/s1. The summed E-state index contributed by atoms with van der Waals surface area (Å²) in [6.07, 6.45) is 20.4. The lowest BCUT2D eigenvalue weighted by molar-refractivity contribution is -0.139. The molecule has 0 unspecified atom stereocenters. The minimum Gasteiger partial charge on any atom is -0.401 e. The number of likely N-dealkylation sites (tertiary alicyclic amines) is 2. The maximum Gasteiger partial charge on any atom is 0.225 e. The summed E-state index contributed by atoms with van der Waals surface area (Å²) in [4.78, 5) is 52.9.